The van der Waals surface area contributed by atoms with Gasteiger partial charge in [-0.15, -0.1) is 0 Å². The van der Waals surface area contributed by atoms with E-state index >= 15 is 0 Å². The molecule has 1 N–H and O–H groups in total. The lowest BCUT2D eigenvalue weighted by Gasteiger charge is -2.26. The van der Waals surface area contributed by atoms with E-state index in [0.717, 1.165) is 16.9 Å². The first-order valence-electron chi connectivity index (χ1n) is 11.3. The first kappa shape index (κ1) is 22.1. The summed E-state index contributed by atoms with van der Waals surface area (Å²) in [6, 6.07) is 21.9. The molecule has 2 aromatic carbocycles. The summed E-state index contributed by atoms with van der Waals surface area (Å²) in [6.45, 7) is 0.188. The number of methoxy groups -OCH3 is 1. The van der Waals surface area contributed by atoms with Crippen molar-refractivity contribution in [3.63, 3.8) is 0 Å². The van der Waals surface area contributed by atoms with Gasteiger partial charge in [-0.3, -0.25) is 4.98 Å². The van der Waals surface area contributed by atoms with Crippen LogP contribution >= 0.6 is 12.2 Å². The highest BCUT2D eigenvalue weighted by atomic mass is 32.1. The SMILES string of the molecule is COC(=O)c1cccc(-c2ccc([C@@H]3[C@@H](c4ccccn4)NC(=S)N3c3ccc4c(c3)OCO4)o2)c1. The van der Waals surface area contributed by atoms with E-state index in [1.165, 1.54) is 7.11 Å². The van der Waals surface area contributed by atoms with Gasteiger partial charge in [0.05, 0.1) is 24.4 Å². The molecular weight excluding hydrogens is 478 g/mol. The number of ether oxygens (including phenoxy) is 3. The molecule has 180 valence electrons. The molecule has 2 atom stereocenters. The Labute approximate surface area is 212 Å². The summed E-state index contributed by atoms with van der Waals surface area (Å²) in [5, 5.41) is 3.96. The van der Waals surface area contributed by atoms with Gasteiger partial charge in [-0.1, -0.05) is 18.2 Å². The van der Waals surface area contributed by atoms with Crippen molar-refractivity contribution in [2.24, 2.45) is 0 Å². The van der Waals surface area contributed by atoms with Crippen molar-refractivity contribution in [3.05, 3.63) is 96.0 Å². The fourth-order valence-electron chi connectivity index (χ4n) is 4.54. The predicted octanol–water partition coefficient (Wildman–Crippen LogP) is 5.03. The average Bonchev–Trinajstić information content (AvgIpc) is 3.66. The normalized spacial score (nSPS) is 18.2. The van der Waals surface area contributed by atoms with Crippen molar-refractivity contribution in [1.82, 2.24) is 10.3 Å². The summed E-state index contributed by atoms with van der Waals surface area (Å²) in [4.78, 5) is 18.6. The maximum atomic E-state index is 12.0. The minimum Gasteiger partial charge on any atom is -0.465 e. The number of hydrogen-bond acceptors (Lipinski definition) is 7. The lowest BCUT2D eigenvalue weighted by molar-refractivity contribution is 0.0600. The third-order valence-electron chi connectivity index (χ3n) is 6.22. The second-order valence-electron chi connectivity index (χ2n) is 8.31. The van der Waals surface area contributed by atoms with Gasteiger partial charge in [0.1, 0.15) is 17.6 Å². The molecule has 9 heteroatoms. The predicted molar refractivity (Wildman–Crippen MR) is 136 cm³/mol. The highest BCUT2D eigenvalue weighted by Gasteiger charge is 2.43. The Morgan fingerprint density at radius 1 is 1.06 bits per heavy atom. The Bertz CT molecular complexity index is 1450. The fourth-order valence-corrected chi connectivity index (χ4v) is 4.89. The zero-order valence-corrected chi connectivity index (χ0v) is 20.0. The van der Waals surface area contributed by atoms with Gasteiger partial charge in [-0.25, -0.2) is 4.79 Å². The molecule has 0 saturated carbocycles. The number of nitrogens with zero attached hydrogens (tertiary/aromatic N) is 2. The summed E-state index contributed by atoms with van der Waals surface area (Å²) in [5.74, 6) is 2.27. The van der Waals surface area contributed by atoms with Crippen molar-refractivity contribution < 1.29 is 23.4 Å². The van der Waals surface area contributed by atoms with Crippen LogP contribution in [0.15, 0.2) is 83.4 Å². The first-order valence-corrected chi connectivity index (χ1v) is 11.7. The highest BCUT2D eigenvalue weighted by molar-refractivity contribution is 7.80. The second kappa shape index (κ2) is 9.01. The van der Waals surface area contributed by atoms with Crippen molar-refractivity contribution in [1.29, 1.82) is 0 Å². The molecule has 0 aliphatic carbocycles. The number of anilines is 1. The molecule has 36 heavy (non-hydrogen) atoms. The van der Waals surface area contributed by atoms with Gasteiger partial charge in [0.15, 0.2) is 16.6 Å². The minimum atomic E-state index is -0.404. The summed E-state index contributed by atoms with van der Waals surface area (Å²) >= 11 is 5.79. The van der Waals surface area contributed by atoms with E-state index < -0.39 is 5.97 Å². The Morgan fingerprint density at radius 2 is 1.94 bits per heavy atom. The van der Waals surface area contributed by atoms with Crippen LogP contribution in [0, 0.1) is 0 Å². The van der Waals surface area contributed by atoms with Crippen LogP contribution in [0.25, 0.3) is 11.3 Å². The average molecular weight is 500 g/mol. The van der Waals surface area contributed by atoms with Crippen LogP contribution < -0.4 is 19.7 Å². The van der Waals surface area contributed by atoms with Crippen molar-refractivity contribution in [2.45, 2.75) is 12.1 Å². The highest BCUT2D eigenvalue weighted by Crippen LogP contribution is 2.45. The van der Waals surface area contributed by atoms with Crippen LogP contribution in [-0.4, -0.2) is 30.0 Å². The van der Waals surface area contributed by atoms with Crippen molar-refractivity contribution in [3.8, 4) is 22.8 Å². The standard InChI is InChI=1S/C27H21N3O5S/c1-32-26(31)17-6-4-5-16(13-17)20-10-11-22(35-20)25-24(19-7-2-3-12-28-19)29-27(36)30(25)18-8-9-21-23(14-18)34-15-33-21/h2-14,24-25H,15H2,1H3,(H,29,36)/t24-,25-/m1/s1. The van der Waals surface area contributed by atoms with Crippen molar-refractivity contribution >= 4 is 29.0 Å². The van der Waals surface area contributed by atoms with Gasteiger partial charge < -0.3 is 28.8 Å². The van der Waals surface area contributed by atoms with Crippen LogP contribution in [0.5, 0.6) is 11.5 Å². The molecule has 2 aliphatic heterocycles. The number of carbonyl (C=O) groups is 1. The zero-order valence-electron chi connectivity index (χ0n) is 19.2. The minimum absolute atomic E-state index is 0.188. The molecule has 2 aliphatic rings. The quantitative estimate of drug-likeness (QED) is 0.300. The third-order valence-corrected chi connectivity index (χ3v) is 6.53. The second-order valence-corrected chi connectivity index (χ2v) is 8.70. The number of rotatable bonds is 5. The number of pyridine rings is 1. The summed E-state index contributed by atoms with van der Waals surface area (Å²) in [7, 11) is 1.36. The zero-order chi connectivity index (χ0) is 24.6. The molecule has 8 nitrogen and oxygen atoms in total. The van der Waals surface area contributed by atoms with Crippen LogP contribution in [-0.2, 0) is 4.74 Å². The number of carbonyl (C=O) groups excluding carboxylic acids is 1. The molecule has 1 fully saturated rings. The Balaban J connectivity index is 1.42. The van der Waals surface area contributed by atoms with Gasteiger partial charge in [0.2, 0.25) is 6.79 Å². The van der Waals surface area contributed by atoms with Crippen molar-refractivity contribution in [2.75, 3.05) is 18.8 Å². The van der Waals surface area contributed by atoms with Crippen LogP contribution in [0.3, 0.4) is 0 Å². The molecule has 0 amide bonds. The van der Waals surface area contributed by atoms with E-state index in [-0.39, 0.29) is 18.9 Å². The molecule has 0 spiro atoms. The number of hydrogen-bond donors (Lipinski definition) is 1. The van der Waals surface area contributed by atoms with Gasteiger partial charge in [0, 0.05) is 23.5 Å². The summed E-state index contributed by atoms with van der Waals surface area (Å²) < 4.78 is 22.3. The summed E-state index contributed by atoms with van der Waals surface area (Å²) in [5.41, 5.74) is 2.89. The molecule has 0 bridgehead atoms. The number of esters is 1. The molecular formula is C27H21N3O5S. The largest absolute Gasteiger partial charge is 0.465 e. The van der Waals surface area contributed by atoms with Gasteiger partial charge in [0.25, 0.3) is 0 Å². The number of aromatic nitrogens is 1. The van der Waals surface area contributed by atoms with Gasteiger partial charge in [-0.2, -0.15) is 0 Å². The van der Waals surface area contributed by atoms with E-state index in [2.05, 4.69) is 10.3 Å². The lowest BCUT2D eigenvalue weighted by Crippen LogP contribution is -2.29. The number of nitrogens with one attached hydrogen (secondary N) is 1. The van der Waals surface area contributed by atoms with E-state index in [1.54, 1.807) is 24.4 Å². The maximum absolute atomic E-state index is 12.0. The first-order chi connectivity index (χ1) is 17.6. The van der Waals surface area contributed by atoms with Crippen LogP contribution in [0.2, 0.25) is 0 Å². The number of benzene rings is 2. The number of thiocarbonyl (C=S) groups is 1. The molecule has 0 radical (unpaired) electrons. The monoisotopic (exact) mass is 499 g/mol. The molecule has 1 saturated heterocycles. The smallest absolute Gasteiger partial charge is 0.337 e. The molecule has 4 heterocycles. The molecule has 2 aromatic heterocycles. The molecule has 0 unspecified atom stereocenters. The Morgan fingerprint density at radius 3 is 2.78 bits per heavy atom. The van der Waals surface area contributed by atoms with E-state index in [9.17, 15) is 4.79 Å². The van der Waals surface area contributed by atoms with E-state index in [4.69, 9.17) is 30.8 Å². The number of furan rings is 1. The van der Waals surface area contributed by atoms with Crippen LogP contribution in [0.4, 0.5) is 5.69 Å². The Kier molecular flexibility index (Phi) is 5.54. The van der Waals surface area contributed by atoms with Gasteiger partial charge in [-0.05, 0) is 60.7 Å². The topological polar surface area (TPSA) is 86.1 Å². The van der Waals surface area contributed by atoms with Crippen LogP contribution in [0.1, 0.15) is 33.9 Å². The Hall–Kier alpha value is -4.37. The van der Waals surface area contributed by atoms with E-state index in [1.807, 2.05) is 59.5 Å². The maximum Gasteiger partial charge on any atom is 0.337 e. The van der Waals surface area contributed by atoms with E-state index in [0.29, 0.717) is 33.7 Å². The third kappa shape index (κ3) is 3.83. The molecule has 4 aromatic rings. The lowest BCUT2D eigenvalue weighted by atomic mass is 10.0. The summed E-state index contributed by atoms with van der Waals surface area (Å²) in [6.07, 6.45) is 1.76. The van der Waals surface area contributed by atoms with Gasteiger partial charge >= 0.3 is 5.97 Å². The number of fused-ring (bicyclic) bond motifs is 1. The fraction of sp³-hybridized carbons (Fsp3) is 0.148. The molecule has 6 rings (SSSR count).